The van der Waals surface area contributed by atoms with Crippen LogP contribution in [0, 0.1) is 11.7 Å². The highest BCUT2D eigenvalue weighted by Crippen LogP contribution is 2.48. The Morgan fingerprint density at radius 2 is 1.63 bits per heavy atom. The van der Waals surface area contributed by atoms with Crippen LogP contribution in [0.15, 0.2) is 78.9 Å². The molecule has 2 aliphatic rings. The molecule has 0 N–H and O–H groups in total. The van der Waals surface area contributed by atoms with Crippen molar-refractivity contribution in [2.75, 3.05) is 44.7 Å². The number of rotatable bonds is 8. The highest BCUT2D eigenvalue weighted by atomic mass is 19.4. The van der Waals surface area contributed by atoms with Crippen LogP contribution in [0.2, 0.25) is 0 Å². The van der Waals surface area contributed by atoms with Crippen molar-refractivity contribution in [1.82, 2.24) is 19.6 Å². The van der Waals surface area contributed by atoms with Crippen LogP contribution in [0.1, 0.15) is 52.0 Å². The lowest BCUT2D eigenvalue weighted by Crippen LogP contribution is -2.46. The normalized spacial score (nSPS) is 19.3. The van der Waals surface area contributed by atoms with Gasteiger partial charge in [-0.05, 0) is 55.9 Å². The number of amides is 1. The Morgan fingerprint density at radius 1 is 0.935 bits per heavy atom. The highest BCUT2D eigenvalue weighted by Gasteiger charge is 2.46. The summed E-state index contributed by atoms with van der Waals surface area (Å²) in [5.74, 6) is -2.43. The van der Waals surface area contributed by atoms with Crippen LogP contribution in [0.4, 0.5) is 23.4 Å². The molecule has 6 rings (SSSR count). The van der Waals surface area contributed by atoms with E-state index in [-0.39, 0.29) is 24.4 Å². The van der Waals surface area contributed by atoms with E-state index in [0.717, 1.165) is 55.3 Å². The zero-order valence-electron chi connectivity index (χ0n) is 25.7. The minimum Gasteiger partial charge on any atom is -0.304 e. The Bertz CT molecular complexity index is 1710. The van der Waals surface area contributed by atoms with Gasteiger partial charge < -0.3 is 4.90 Å². The Balaban J connectivity index is 1.51. The van der Waals surface area contributed by atoms with Crippen molar-refractivity contribution >= 4 is 17.5 Å². The van der Waals surface area contributed by atoms with Crippen molar-refractivity contribution in [2.24, 2.45) is 5.92 Å². The Kier molecular flexibility index (Phi) is 8.80. The van der Waals surface area contributed by atoms with Gasteiger partial charge in [0, 0.05) is 62.7 Å². The smallest absolute Gasteiger partial charge is 0.304 e. The maximum Gasteiger partial charge on any atom is 0.416 e. The van der Waals surface area contributed by atoms with Gasteiger partial charge in [-0.1, -0.05) is 42.5 Å². The number of benzene rings is 3. The quantitative estimate of drug-likeness (QED) is 0.172. The molecule has 1 saturated heterocycles. The zero-order valence-corrected chi connectivity index (χ0v) is 25.7. The van der Waals surface area contributed by atoms with Gasteiger partial charge in [0.1, 0.15) is 11.6 Å². The van der Waals surface area contributed by atoms with E-state index in [1.807, 2.05) is 37.3 Å². The molecule has 1 amide bonds. The molecule has 3 heterocycles. The van der Waals surface area contributed by atoms with Crippen molar-refractivity contribution in [2.45, 2.75) is 32.0 Å². The number of likely N-dealkylation sites (N-methyl/N-ethyl adjacent to an activating group) is 1. The number of alkyl halides is 3. The number of fused-ring (bicyclic) bond motifs is 1. The second-order valence-corrected chi connectivity index (χ2v) is 11.9. The first-order valence-electron chi connectivity index (χ1n) is 15.4. The Labute approximate surface area is 265 Å². The van der Waals surface area contributed by atoms with Crippen LogP contribution < -0.4 is 4.90 Å². The molecular weight excluding hydrogens is 598 g/mol. The van der Waals surface area contributed by atoms with E-state index in [4.69, 9.17) is 5.10 Å². The SMILES string of the molecule is CCN1C(=O)[C@@H](CC(=O)c2cccc(C(F)(F)F)c2)[C@@H](c2ccc(F)cc2)c2c(CN3CCN(C)CC3)nn(-c3ccccc3)c21. The lowest BCUT2D eigenvalue weighted by Gasteiger charge is -2.38. The fourth-order valence-electron chi connectivity index (χ4n) is 6.54. The second kappa shape index (κ2) is 12.8. The molecule has 2 aliphatic heterocycles. The fraction of sp³-hybridized carbons (Fsp3) is 0.343. The zero-order chi connectivity index (χ0) is 32.6. The summed E-state index contributed by atoms with van der Waals surface area (Å²) < 4.78 is 56.5. The van der Waals surface area contributed by atoms with E-state index in [0.29, 0.717) is 17.9 Å². The molecule has 7 nitrogen and oxygen atoms in total. The van der Waals surface area contributed by atoms with E-state index in [1.54, 1.807) is 21.7 Å². The number of piperazine rings is 1. The number of Topliss-reactive ketones (excluding diaryl/α,β-unsaturated/α-hetero) is 1. The first-order valence-corrected chi connectivity index (χ1v) is 15.4. The van der Waals surface area contributed by atoms with Gasteiger partial charge >= 0.3 is 6.18 Å². The van der Waals surface area contributed by atoms with Gasteiger partial charge in [0.25, 0.3) is 0 Å². The molecule has 4 aromatic rings. The maximum atomic E-state index is 14.4. The number of carbonyl (C=O) groups is 2. The standard InChI is InChI=1S/C35H35F4N5O2/c1-3-43-33-32(29(22-42-18-16-41(2)17-19-42)40-44(33)27-10-5-4-6-11-27)31(23-12-14-26(36)15-13-23)28(34(43)46)21-30(45)24-8-7-9-25(20-24)35(37,38)39/h4-15,20,28,31H,3,16-19,21-22H2,1-2H3/t28-,31+/m0/s1. The van der Waals surface area contributed by atoms with Gasteiger partial charge in [-0.3, -0.25) is 19.4 Å². The van der Waals surface area contributed by atoms with Gasteiger partial charge in [-0.25, -0.2) is 9.07 Å². The van der Waals surface area contributed by atoms with E-state index >= 15 is 0 Å². The summed E-state index contributed by atoms with van der Waals surface area (Å²) in [5.41, 5.74) is 1.83. The third-order valence-electron chi connectivity index (χ3n) is 8.96. The third kappa shape index (κ3) is 6.21. The van der Waals surface area contributed by atoms with Crippen LogP contribution in [-0.2, 0) is 17.5 Å². The lowest BCUT2D eigenvalue weighted by atomic mass is 9.74. The lowest BCUT2D eigenvalue weighted by molar-refractivity contribution is -0.137. The van der Waals surface area contributed by atoms with Crippen LogP contribution in [0.3, 0.4) is 0 Å². The molecule has 1 fully saturated rings. The molecule has 240 valence electrons. The molecule has 2 atom stereocenters. The van der Waals surface area contributed by atoms with Gasteiger partial charge in [-0.2, -0.15) is 18.3 Å². The summed E-state index contributed by atoms with van der Waals surface area (Å²) in [7, 11) is 2.07. The summed E-state index contributed by atoms with van der Waals surface area (Å²) in [6, 6.07) is 19.6. The van der Waals surface area contributed by atoms with E-state index < -0.39 is 35.2 Å². The number of ketones is 1. The molecule has 0 radical (unpaired) electrons. The number of aromatic nitrogens is 2. The molecule has 11 heteroatoms. The molecule has 0 spiro atoms. The van der Waals surface area contributed by atoms with Crippen molar-refractivity contribution in [3.8, 4) is 5.69 Å². The van der Waals surface area contributed by atoms with Crippen molar-refractivity contribution in [3.63, 3.8) is 0 Å². The minimum atomic E-state index is -4.62. The van der Waals surface area contributed by atoms with E-state index in [2.05, 4.69) is 16.8 Å². The second-order valence-electron chi connectivity index (χ2n) is 11.9. The average molecular weight is 634 g/mol. The van der Waals surface area contributed by atoms with Crippen LogP contribution in [0.25, 0.3) is 5.69 Å². The van der Waals surface area contributed by atoms with Gasteiger partial charge in [-0.15, -0.1) is 0 Å². The number of para-hydroxylation sites is 1. The molecule has 0 unspecified atom stereocenters. The maximum absolute atomic E-state index is 14.4. The summed E-state index contributed by atoms with van der Waals surface area (Å²) in [6.07, 6.45) is -4.95. The Hall–Kier alpha value is -4.35. The fourth-order valence-corrected chi connectivity index (χ4v) is 6.54. The molecule has 0 saturated carbocycles. The number of anilines is 1. The predicted molar refractivity (Wildman–Crippen MR) is 166 cm³/mol. The number of hydrogen-bond acceptors (Lipinski definition) is 5. The Morgan fingerprint density at radius 3 is 2.28 bits per heavy atom. The first-order chi connectivity index (χ1) is 22.0. The van der Waals surface area contributed by atoms with Crippen LogP contribution in [0.5, 0.6) is 0 Å². The average Bonchev–Trinajstić information content (AvgIpc) is 3.41. The molecular formula is C35H35F4N5O2. The minimum absolute atomic E-state index is 0.119. The summed E-state index contributed by atoms with van der Waals surface area (Å²) in [4.78, 5) is 34.3. The molecule has 46 heavy (non-hydrogen) atoms. The largest absolute Gasteiger partial charge is 0.416 e. The monoisotopic (exact) mass is 633 g/mol. The van der Waals surface area contributed by atoms with Crippen LogP contribution in [-0.4, -0.2) is 71.0 Å². The number of hydrogen-bond donors (Lipinski definition) is 0. The van der Waals surface area contributed by atoms with Gasteiger partial charge in [0.2, 0.25) is 5.91 Å². The molecule has 1 aromatic heterocycles. The molecule has 0 aliphatic carbocycles. The number of halogens is 4. The molecule has 0 bridgehead atoms. The summed E-state index contributed by atoms with van der Waals surface area (Å²) in [6.45, 7) is 6.02. The topological polar surface area (TPSA) is 61.7 Å². The summed E-state index contributed by atoms with van der Waals surface area (Å²) in [5, 5.41) is 5.10. The predicted octanol–water partition coefficient (Wildman–Crippen LogP) is 6.17. The molecule has 3 aromatic carbocycles. The van der Waals surface area contributed by atoms with Gasteiger partial charge in [0.15, 0.2) is 5.78 Å². The number of carbonyl (C=O) groups excluding carboxylic acids is 2. The van der Waals surface area contributed by atoms with E-state index in [9.17, 15) is 27.2 Å². The van der Waals surface area contributed by atoms with E-state index in [1.165, 1.54) is 24.3 Å². The number of nitrogens with zero attached hydrogens (tertiary/aromatic N) is 5. The van der Waals surface area contributed by atoms with Crippen molar-refractivity contribution in [1.29, 1.82) is 0 Å². The third-order valence-corrected chi connectivity index (χ3v) is 8.96. The van der Waals surface area contributed by atoms with Crippen LogP contribution >= 0.6 is 0 Å². The highest BCUT2D eigenvalue weighted by molar-refractivity contribution is 6.04. The summed E-state index contributed by atoms with van der Waals surface area (Å²) >= 11 is 0. The first kappa shape index (κ1) is 31.6. The van der Waals surface area contributed by atoms with Crippen molar-refractivity contribution in [3.05, 3.63) is 113 Å². The van der Waals surface area contributed by atoms with Crippen molar-refractivity contribution < 1.29 is 27.2 Å². The van der Waals surface area contributed by atoms with Gasteiger partial charge in [0.05, 0.1) is 22.9 Å².